The lowest BCUT2D eigenvalue weighted by Gasteiger charge is -2.17. The molecule has 1 amide bonds. The van der Waals surface area contributed by atoms with Crippen molar-refractivity contribution in [2.24, 2.45) is 5.92 Å². The fraction of sp³-hybridized carbons (Fsp3) is 0.667. The van der Waals surface area contributed by atoms with Crippen LogP contribution in [0.3, 0.4) is 0 Å². The Balaban J connectivity index is 4.26. The molecule has 0 saturated heterocycles. The summed E-state index contributed by atoms with van der Waals surface area (Å²) in [5.41, 5.74) is 0. The average molecular weight is 225 g/mol. The molecular weight excluding hydrogens is 206 g/mol. The molecular formula is C12H19NO3. The predicted octanol–water partition coefficient (Wildman–Crippen LogP) is 1.10. The van der Waals surface area contributed by atoms with Gasteiger partial charge >= 0.3 is 5.97 Å². The Labute approximate surface area is 96.7 Å². The Hall–Kier alpha value is -1.50. The van der Waals surface area contributed by atoms with Crippen molar-refractivity contribution in [1.82, 2.24) is 5.32 Å². The van der Waals surface area contributed by atoms with Crippen LogP contribution in [-0.4, -0.2) is 25.0 Å². The lowest BCUT2D eigenvalue weighted by atomic mass is 10.0. The highest BCUT2D eigenvalue weighted by Crippen LogP contribution is 2.06. The van der Waals surface area contributed by atoms with Crippen LogP contribution in [0, 0.1) is 18.3 Å². The van der Waals surface area contributed by atoms with Gasteiger partial charge in [0, 0.05) is 12.8 Å². The van der Waals surface area contributed by atoms with Gasteiger partial charge in [0.25, 0.3) is 0 Å². The molecule has 0 bridgehead atoms. The number of nitrogens with one attached hydrogen (secondary N) is 1. The monoisotopic (exact) mass is 225 g/mol. The smallest absolute Gasteiger partial charge is 0.328 e. The number of amides is 1. The van der Waals surface area contributed by atoms with Crippen LogP contribution in [0.25, 0.3) is 0 Å². The van der Waals surface area contributed by atoms with Crippen LogP contribution < -0.4 is 5.32 Å². The molecule has 0 aromatic rings. The summed E-state index contributed by atoms with van der Waals surface area (Å²) in [5, 5.41) is 2.62. The van der Waals surface area contributed by atoms with E-state index in [1.165, 1.54) is 7.11 Å². The van der Waals surface area contributed by atoms with Gasteiger partial charge in [0.05, 0.1) is 7.11 Å². The van der Waals surface area contributed by atoms with Crippen molar-refractivity contribution in [3.63, 3.8) is 0 Å². The van der Waals surface area contributed by atoms with Gasteiger partial charge < -0.3 is 10.1 Å². The lowest BCUT2D eigenvalue weighted by molar-refractivity contribution is -0.145. The molecule has 0 spiro atoms. The molecule has 0 heterocycles. The van der Waals surface area contributed by atoms with Crippen molar-refractivity contribution in [1.29, 1.82) is 0 Å². The number of hydrogen-bond donors (Lipinski definition) is 1. The van der Waals surface area contributed by atoms with Crippen LogP contribution in [0.5, 0.6) is 0 Å². The number of methoxy groups -OCH3 is 1. The van der Waals surface area contributed by atoms with E-state index in [4.69, 9.17) is 6.42 Å². The first-order valence-corrected chi connectivity index (χ1v) is 5.31. The average Bonchev–Trinajstić information content (AvgIpc) is 2.23. The van der Waals surface area contributed by atoms with Crippen LogP contribution in [-0.2, 0) is 14.3 Å². The molecule has 0 radical (unpaired) electrons. The SMILES string of the molecule is C#CCCC(=O)N[C@@H](CC(C)C)C(=O)OC. The Morgan fingerprint density at radius 2 is 2.06 bits per heavy atom. The summed E-state index contributed by atoms with van der Waals surface area (Å²) in [7, 11) is 1.31. The molecule has 0 fully saturated rings. The summed E-state index contributed by atoms with van der Waals surface area (Å²) in [4.78, 5) is 22.8. The number of carbonyl (C=O) groups excluding carboxylic acids is 2. The van der Waals surface area contributed by atoms with Gasteiger partial charge in [-0.3, -0.25) is 4.79 Å². The molecule has 1 N–H and O–H groups in total. The third kappa shape index (κ3) is 6.07. The third-order valence-electron chi connectivity index (χ3n) is 2.02. The fourth-order valence-electron chi connectivity index (χ4n) is 1.28. The maximum absolute atomic E-state index is 11.4. The number of rotatable bonds is 6. The highest BCUT2D eigenvalue weighted by molar-refractivity contribution is 5.84. The van der Waals surface area contributed by atoms with Crippen molar-refractivity contribution >= 4 is 11.9 Å². The lowest BCUT2D eigenvalue weighted by Crippen LogP contribution is -2.42. The maximum Gasteiger partial charge on any atom is 0.328 e. The molecule has 0 aliphatic heterocycles. The van der Waals surface area contributed by atoms with E-state index in [9.17, 15) is 9.59 Å². The standard InChI is InChI=1S/C12H19NO3/c1-5-6-7-11(14)13-10(8-9(2)3)12(15)16-4/h1,9-10H,6-8H2,2-4H3,(H,13,14)/t10-/m0/s1. The topological polar surface area (TPSA) is 55.4 Å². The number of hydrogen-bond acceptors (Lipinski definition) is 3. The van der Waals surface area contributed by atoms with E-state index in [0.717, 1.165) is 0 Å². The van der Waals surface area contributed by atoms with Gasteiger partial charge in [-0.2, -0.15) is 0 Å². The van der Waals surface area contributed by atoms with Gasteiger partial charge in [-0.15, -0.1) is 12.3 Å². The highest BCUT2D eigenvalue weighted by atomic mass is 16.5. The molecule has 0 aromatic heterocycles. The van der Waals surface area contributed by atoms with Gasteiger partial charge in [-0.05, 0) is 12.3 Å². The van der Waals surface area contributed by atoms with Crippen molar-refractivity contribution in [3.8, 4) is 12.3 Å². The van der Waals surface area contributed by atoms with Gasteiger partial charge in [-0.1, -0.05) is 13.8 Å². The Morgan fingerprint density at radius 1 is 1.44 bits per heavy atom. The second-order valence-corrected chi connectivity index (χ2v) is 3.98. The minimum atomic E-state index is -0.574. The van der Waals surface area contributed by atoms with Gasteiger partial charge in [-0.25, -0.2) is 4.79 Å². The van der Waals surface area contributed by atoms with Crippen LogP contribution in [0.2, 0.25) is 0 Å². The molecule has 4 heteroatoms. The van der Waals surface area contributed by atoms with Gasteiger partial charge in [0.2, 0.25) is 5.91 Å². The maximum atomic E-state index is 11.4. The molecule has 0 unspecified atom stereocenters. The number of esters is 1. The van der Waals surface area contributed by atoms with E-state index in [1.54, 1.807) is 0 Å². The molecule has 0 aromatic carbocycles. The normalized spacial score (nSPS) is 11.7. The van der Waals surface area contributed by atoms with E-state index >= 15 is 0 Å². The molecule has 0 aliphatic rings. The summed E-state index contributed by atoms with van der Waals surface area (Å²) in [5.74, 6) is 2.05. The van der Waals surface area contributed by atoms with E-state index in [1.807, 2.05) is 13.8 Å². The first kappa shape index (κ1) is 14.5. The number of carbonyl (C=O) groups is 2. The largest absolute Gasteiger partial charge is 0.467 e. The predicted molar refractivity (Wildman–Crippen MR) is 61.5 cm³/mol. The van der Waals surface area contributed by atoms with Gasteiger partial charge in [0.1, 0.15) is 6.04 Å². The summed E-state index contributed by atoms with van der Waals surface area (Å²) in [6, 6.07) is -0.574. The fourth-order valence-corrected chi connectivity index (χ4v) is 1.28. The molecule has 1 atom stereocenters. The van der Waals surface area contributed by atoms with Crippen molar-refractivity contribution in [3.05, 3.63) is 0 Å². The van der Waals surface area contributed by atoms with Crippen LogP contribution in [0.1, 0.15) is 33.1 Å². The minimum absolute atomic E-state index is 0.214. The van der Waals surface area contributed by atoms with Crippen LogP contribution >= 0.6 is 0 Å². The summed E-state index contributed by atoms with van der Waals surface area (Å²) in [6.45, 7) is 3.95. The molecule has 4 nitrogen and oxygen atoms in total. The minimum Gasteiger partial charge on any atom is -0.467 e. The van der Waals surface area contributed by atoms with E-state index in [2.05, 4.69) is 16.0 Å². The Kier molecular flexibility index (Phi) is 7.02. The quantitative estimate of drug-likeness (QED) is 0.544. The third-order valence-corrected chi connectivity index (χ3v) is 2.02. The van der Waals surface area contributed by atoms with Gasteiger partial charge in [0.15, 0.2) is 0 Å². The summed E-state index contributed by atoms with van der Waals surface area (Å²) >= 11 is 0. The van der Waals surface area contributed by atoms with E-state index < -0.39 is 12.0 Å². The molecule has 0 aliphatic carbocycles. The molecule has 16 heavy (non-hydrogen) atoms. The summed E-state index contributed by atoms with van der Waals surface area (Å²) < 4.78 is 4.62. The first-order chi connectivity index (χ1) is 7.51. The zero-order valence-electron chi connectivity index (χ0n) is 10.1. The molecule has 90 valence electrons. The second kappa shape index (κ2) is 7.75. The first-order valence-electron chi connectivity index (χ1n) is 5.31. The zero-order valence-corrected chi connectivity index (χ0v) is 10.1. The van der Waals surface area contributed by atoms with E-state index in [0.29, 0.717) is 18.8 Å². The second-order valence-electron chi connectivity index (χ2n) is 3.98. The Bertz CT molecular complexity index is 278. The van der Waals surface area contributed by atoms with E-state index in [-0.39, 0.29) is 12.3 Å². The number of ether oxygens (including phenoxy) is 1. The number of terminal acetylenes is 1. The molecule has 0 saturated carbocycles. The molecule has 0 rings (SSSR count). The Morgan fingerprint density at radius 3 is 2.50 bits per heavy atom. The zero-order chi connectivity index (χ0) is 12.6. The van der Waals surface area contributed by atoms with Crippen LogP contribution in [0.4, 0.5) is 0 Å². The van der Waals surface area contributed by atoms with Crippen LogP contribution in [0.15, 0.2) is 0 Å². The summed E-state index contributed by atoms with van der Waals surface area (Å²) in [6.07, 6.45) is 6.23. The highest BCUT2D eigenvalue weighted by Gasteiger charge is 2.21. The van der Waals surface area contributed by atoms with Crippen molar-refractivity contribution in [2.75, 3.05) is 7.11 Å². The van der Waals surface area contributed by atoms with Crippen molar-refractivity contribution < 1.29 is 14.3 Å². The van der Waals surface area contributed by atoms with Crippen molar-refractivity contribution in [2.45, 2.75) is 39.2 Å².